The number of hydrogen-bond donors (Lipinski definition) is 3. The van der Waals surface area contributed by atoms with Crippen molar-refractivity contribution in [3.63, 3.8) is 0 Å². The van der Waals surface area contributed by atoms with Gasteiger partial charge in [-0.2, -0.15) is 0 Å². The predicted molar refractivity (Wildman–Crippen MR) is 49.8 cm³/mol. The van der Waals surface area contributed by atoms with E-state index < -0.39 is 5.06 Å². The number of halogens is 1. The molecule has 4 N–H and O–H groups in total. The van der Waals surface area contributed by atoms with Crippen LogP contribution < -0.4 is 11.1 Å². The second-order valence-electron chi connectivity index (χ2n) is 2.08. The molecule has 4 nitrogen and oxygen atoms in total. The van der Waals surface area contributed by atoms with Gasteiger partial charge in [-0.05, 0) is 19.1 Å². The van der Waals surface area contributed by atoms with Crippen LogP contribution in [0, 0.1) is 0 Å². The highest BCUT2D eigenvalue weighted by atomic mass is 35.5. The number of thiocarbonyl (C=S) groups is 1. The van der Waals surface area contributed by atoms with Gasteiger partial charge in [0.1, 0.15) is 0 Å². The first-order valence-corrected chi connectivity index (χ1v) is 3.68. The van der Waals surface area contributed by atoms with Crippen LogP contribution in [0.15, 0.2) is 4.99 Å². The maximum atomic E-state index is 8.99. The summed E-state index contributed by atoms with van der Waals surface area (Å²) in [6.45, 7) is 1.57. The minimum absolute atomic E-state index is 0.130. The lowest BCUT2D eigenvalue weighted by Crippen LogP contribution is -2.35. The van der Waals surface area contributed by atoms with Gasteiger partial charge in [0.05, 0.1) is 12.9 Å². The maximum absolute atomic E-state index is 8.99. The summed E-state index contributed by atoms with van der Waals surface area (Å²) in [6, 6.07) is 0. The molecule has 1 atom stereocenters. The van der Waals surface area contributed by atoms with Crippen LogP contribution in [0.3, 0.4) is 0 Å². The number of aliphatic imine (C=N–C) groups is 1. The molecule has 0 amide bonds. The third kappa shape index (κ3) is 7.51. The van der Waals surface area contributed by atoms with E-state index >= 15 is 0 Å². The van der Waals surface area contributed by atoms with Gasteiger partial charge >= 0.3 is 0 Å². The topological polar surface area (TPSA) is 70.6 Å². The van der Waals surface area contributed by atoms with Gasteiger partial charge in [-0.15, -0.1) is 0 Å². The van der Waals surface area contributed by atoms with Gasteiger partial charge in [-0.25, -0.2) is 4.99 Å². The Morgan fingerprint density at radius 2 is 2.55 bits per heavy atom. The van der Waals surface area contributed by atoms with Crippen molar-refractivity contribution in [3.8, 4) is 0 Å². The summed E-state index contributed by atoms with van der Waals surface area (Å²) in [5.74, 6) is 0. The summed E-state index contributed by atoms with van der Waals surface area (Å²) in [5.41, 5.74) is 4.95. The Morgan fingerprint density at radius 3 is 2.91 bits per heavy atom. The van der Waals surface area contributed by atoms with Gasteiger partial charge in [0.15, 0.2) is 10.2 Å². The lowest BCUT2D eigenvalue weighted by molar-refractivity contribution is 0.153. The summed E-state index contributed by atoms with van der Waals surface area (Å²) in [6.07, 6.45) is 1.07. The van der Waals surface area contributed by atoms with Crippen LogP contribution in [0.1, 0.15) is 6.92 Å². The van der Waals surface area contributed by atoms with Gasteiger partial charge in [-0.1, -0.05) is 11.6 Å². The van der Waals surface area contributed by atoms with Crippen LogP contribution in [0.2, 0.25) is 0 Å². The molecule has 0 aliphatic carbocycles. The molecular weight excluding hydrogens is 186 g/mol. The number of nitrogens with one attached hydrogen (secondary N) is 1. The zero-order chi connectivity index (χ0) is 8.91. The smallest absolute Gasteiger partial charge is 0.194 e. The average Bonchev–Trinajstić information content (AvgIpc) is 1.83. The summed E-state index contributed by atoms with van der Waals surface area (Å²) in [5, 5.41) is 10.5. The van der Waals surface area contributed by atoms with E-state index in [0.717, 1.165) is 6.34 Å². The highest BCUT2D eigenvalue weighted by molar-refractivity contribution is 7.80. The average molecular weight is 196 g/mol. The van der Waals surface area contributed by atoms with E-state index in [1.807, 2.05) is 0 Å². The second-order valence-corrected chi connectivity index (χ2v) is 3.28. The number of nitrogens with zero attached hydrogens (tertiary/aromatic N) is 1. The van der Waals surface area contributed by atoms with Crippen molar-refractivity contribution >= 4 is 35.3 Å². The third-order valence-corrected chi connectivity index (χ3v) is 1.14. The number of alkyl halides is 1. The van der Waals surface area contributed by atoms with Gasteiger partial charge in [0.25, 0.3) is 0 Å². The van der Waals surface area contributed by atoms with E-state index in [1.165, 1.54) is 6.92 Å². The zero-order valence-electron chi connectivity index (χ0n) is 6.04. The summed E-state index contributed by atoms with van der Waals surface area (Å²) >= 11 is 10.1. The molecule has 0 rings (SSSR count). The van der Waals surface area contributed by atoms with E-state index in [4.69, 9.17) is 22.4 Å². The standard InChI is InChI=1S/C5H10ClN3OS/c1-5(6,10)2-8-4(11)9-3-7/h3,10H,2H2,1H3,(H3,7,8,9,11). The molecular formula is C5H10ClN3OS. The Labute approximate surface area is 75.4 Å². The molecule has 0 aromatic heterocycles. The predicted octanol–water partition coefficient (Wildman–Crippen LogP) is -0.205. The molecule has 64 valence electrons. The van der Waals surface area contributed by atoms with Crippen LogP contribution in [0.25, 0.3) is 0 Å². The minimum Gasteiger partial charge on any atom is -0.390 e. The molecule has 0 saturated heterocycles. The fourth-order valence-corrected chi connectivity index (χ4v) is 0.550. The van der Waals surface area contributed by atoms with Crippen molar-refractivity contribution in [1.82, 2.24) is 5.32 Å². The Kier molecular flexibility index (Phi) is 4.32. The van der Waals surface area contributed by atoms with Crippen LogP contribution in [0.5, 0.6) is 0 Å². The van der Waals surface area contributed by atoms with E-state index in [2.05, 4.69) is 22.5 Å². The van der Waals surface area contributed by atoms with E-state index in [9.17, 15) is 0 Å². The highest BCUT2D eigenvalue weighted by Gasteiger charge is 2.14. The molecule has 0 aromatic rings. The molecule has 11 heavy (non-hydrogen) atoms. The Bertz CT molecular complexity index is 166. The van der Waals surface area contributed by atoms with Crippen LogP contribution in [0.4, 0.5) is 0 Å². The maximum Gasteiger partial charge on any atom is 0.194 e. The SMILES string of the molecule is CC(O)(Cl)CNC(=S)/N=C\N. The summed E-state index contributed by atoms with van der Waals surface area (Å²) in [4.78, 5) is 3.53. The van der Waals surface area contributed by atoms with E-state index in [-0.39, 0.29) is 11.7 Å². The first-order chi connectivity index (χ1) is 4.95. The molecule has 0 bridgehead atoms. The Balaban J connectivity index is 3.63. The fourth-order valence-electron chi connectivity index (χ4n) is 0.350. The Hall–Kier alpha value is -0.390. The van der Waals surface area contributed by atoms with E-state index in [0.29, 0.717) is 0 Å². The van der Waals surface area contributed by atoms with Crippen molar-refractivity contribution in [2.24, 2.45) is 10.7 Å². The molecule has 0 radical (unpaired) electrons. The molecule has 0 spiro atoms. The number of rotatable bonds is 2. The lowest BCUT2D eigenvalue weighted by atomic mass is 10.4. The number of hydrogen-bond acceptors (Lipinski definition) is 2. The second kappa shape index (κ2) is 4.48. The molecule has 6 heteroatoms. The first kappa shape index (κ1) is 10.6. The number of nitrogens with two attached hydrogens (primary N) is 1. The quantitative estimate of drug-likeness (QED) is 0.247. The fraction of sp³-hybridized carbons (Fsp3) is 0.600. The van der Waals surface area contributed by atoms with Crippen molar-refractivity contribution in [3.05, 3.63) is 0 Å². The van der Waals surface area contributed by atoms with Crippen molar-refractivity contribution in [2.45, 2.75) is 12.0 Å². The van der Waals surface area contributed by atoms with E-state index in [1.54, 1.807) is 0 Å². The molecule has 1 unspecified atom stereocenters. The normalized spacial score (nSPS) is 16.3. The van der Waals surface area contributed by atoms with Crippen LogP contribution >= 0.6 is 23.8 Å². The zero-order valence-corrected chi connectivity index (χ0v) is 7.61. The largest absolute Gasteiger partial charge is 0.390 e. The van der Waals surface area contributed by atoms with Crippen LogP contribution in [-0.2, 0) is 0 Å². The van der Waals surface area contributed by atoms with Crippen molar-refractivity contribution < 1.29 is 5.11 Å². The van der Waals surface area contributed by atoms with Gasteiger partial charge in [0, 0.05) is 0 Å². The highest BCUT2D eigenvalue weighted by Crippen LogP contribution is 2.05. The monoisotopic (exact) mass is 195 g/mol. The van der Waals surface area contributed by atoms with Gasteiger partial charge < -0.3 is 16.2 Å². The minimum atomic E-state index is -1.31. The van der Waals surface area contributed by atoms with Crippen molar-refractivity contribution in [1.29, 1.82) is 0 Å². The lowest BCUT2D eigenvalue weighted by Gasteiger charge is -2.14. The number of aliphatic hydroxyl groups is 1. The summed E-state index contributed by atoms with van der Waals surface area (Å²) in [7, 11) is 0. The molecule has 0 aliphatic heterocycles. The van der Waals surface area contributed by atoms with Crippen molar-refractivity contribution in [2.75, 3.05) is 6.54 Å². The molecule has 0 aliphatic rings. The molecule has 0 fully saturated rings. The molecule has 0 aromatic carbocycles. The van der Waals surface area contributed by atoms with Gasteiger partial charge in [0.2, 0.25) is 0 Å². The molecule has 0 saturated carbocycles. The first-order valence-electron chi connectivity index (χ1n) is 2.89. The molecule has 0 heterocycles. The Morgan fingerprint density at radius 1 is 2.00 bits per heavy atom. The van der Waals surface area contributed by atoms with Crippen LogP contribution in [-0.4, -0.2) is 28.2 Å². The van der Waals surface area contributed by atoms with Gasteiger partial charge in [-0.3, -0.25) is 0 Å². The third-order valence-electron chi connectivity index (χ3n) is 0.754. The summed E-state index contributed by atoms with van der Waals surface area (Å²) < 4.78 is 0.